The van der Waals surface area contributed by atoms with E-state index in [1.54, 1.807) is 0 Å². The quantitative estimate of drug-likeness (QED) is 0.377. The molecule has 1 atom stereocenters. The van der Waals surface area contributed by atoms with Crippen LogP contribution in [0.3, 0.4) is 0 Å². The zero-order chi connectivity index (χ0) is 16.8. The molecule has 0 aromatic carbocycles. The SMILES string of the molecule is CC1(C)COC(=O)C(=O)SCCNC(=O)CCNC(=O)[C@@H]1O. The summed E-state index contributed by atoms with van der Waals surface area (Å²) in [5.74, 6) is -1.74. The highest BCUT2D eigenvalue weighted by molar-refractivity contribution is 8.15. The standard InChI is InChI=1S/C13H20N2O6S/c1-13(2)7-21-11(19)12(20)22-6-5-14-8(16)3-4-15-10(18)9(13)17/h9,17H,3-7H2,1-2H3,(H,14,16)(H,15,18)/t9-/m0/s1. The molecule has 9 heteroatoms. The van der Waals surface area contributed by atoms with Crippen molar-refractivity contribution < 1.29 is 29.0 Å². The maximum Gasteiger partial charge on any atom is 0.385 e. The molecule has 0 aliphatic carbocycles. The van der Waals surface area contributed by atoms with Gasteiger partial charge in [0.1, 0.15) is 6.10 Å². The number of esters is 1. The lowest BCUT2D eigenvalue weighted by Crippen LogP contribution is -2.47. The molecule has 1 rings (SSSR count). The number of cyclic esters (lactones) is 1. The summed E-state index contributed by atoms with van der Waals surface area (Å²) < 4.78 is 4.85. The van der Waals surface area contributed by atoms with Gasteiger partial charge in [0.2, 0.25) is 11.8 Å². The van der Waals surface area contributed by atoms with Crippen molar-refractivity contribution in [2.24, 2.45) is 5.41 Å². The van der Waals surface area contributed by atoms with Crippen molar-refractivity contribution in [3.63, 3.8) is 0 Å². The van der Waals surface area contributed by atoms with E-state index in [-0.39, 0.29) is 37.8 Å². The average molecular weight is 332 g/mol. The van der Waals surface area contributed by atoms with E-state index in [2.05, 4.69) is 10.6 Å². The fourth-order valence-electron chi connectivity index (χ4n) is 1.62. The van der Waals surface area contributed by atoms with Crippen LogP contribution in [-0.2, 0) is 23.9 Å². The number of hydrogen-bond donors (Lipinski definition) is 3. The first-order valence-electron chi connectivity index (χ1n) is 6.80. The van der Waals surface area contributed by atoms with Crippen molar-refractivity contribution in [2.45, 2.75) is 26.4 Å². The van der Waals surface area contributed by atoms with Crippen LogP contribution in [0.25, 0.3) is 0 Å². The second kappa shape index (κ2) is 8.14. The lowest BCUT2D eigenvalue weighted by atomic mass is 9.87. The number of carbonyl (C=O) groups is 4. The van der Waals surface area contributed by atoms with E-state index in [4.69, 9.17) is 4.74 Å². The van der Waals surface area contributed by atoms with Crippen LogP contribution in [-0.4, -0.2) is 59.6 Å². The van der Waals surface area contributed by atoms with E-state index >= 15 is 0 Å². The van der Waals surface area contributed by atoms with Crippen LogP contribution in [0.2, 0.25) is 0 Å². The summed E-state index contributed by atoms with van der Waals surface area (Å²) in [7, 11) is 0. The molecule has 3 N–H and O–H groups in total. The molecule has 0 unspecified atom stereocenters. The number of rotatable bonds is 0. The number of carbonyl (C=O) groups excluding carboxylic acids is 4. The average Bonchev–Trinajstić information content (AvgIpc) is 2.47. The monoisotopic (exact) mass is 332 g/mol. The summed E-state index contributed by atoms with van der Waals surface area (Å²) in [5, 5.41) is 14.2. The summed E-state index contributed by atoms with van der Waals surface area (Å²) in [6.07, 6.45) is -1.37. The number of ether oxygens (including phenoxy) is 1. The van der Waals surface area contributed by atoms with Gasteiger partial charge in [0.25, 0.3) is 5.12 Å². The molecule has 1 aliphatic rings. The van der Waals surface area contributed by atoms with Gasteiger partial charge in [0.15, 0.2) is 0 Å². The van der Waals surface area contributed by atoms with E-state index in [9.17, 15) is 24.3 Å². The molecule has 0 aromatic rings. The number of amides is 2. The summed E-state index contributed by atoms with van der Waals surface area (Å²) in [6.45, 7) is 3.11. The van der Waals surface area contributed by atoms with Gasteiger partial charge < -0.3 is 20.5 Å². The van der Waals surface area contributed by atoms with Crippen LogP contribution in [0.5, 0.6) is 0 Å². The second-order valence-electron chi connectivity index (χ2n) is 5.49. The topological polar surface area (TPSA) is 122 Å². The Labute approximate surface area is 132 Å². The summed E-state index contributed by atoms with van der Waals surface area (Å²) in [4.78, 5) is 46.3. The zero-order valence-corrected chi connectivity index (χ0v) is 13.3. The number of aliphatic hydroxyl groups excluding tert-OH is 1. The van der Waals surface area contributed by atoms with Gasteiger partial charge >= 0.3 is 5.97 Å². The molecule has 1 heterocycles. The van der Waals surface area contributed by atoms with Crippen molar-refractivity contribution in [2.75, 3.05) is 25.4 Å². The Hall–Kier alpha value is -1.61. The van der Waals surface area contributed by atoms with Gasteiger partial charge in [-0.2, -0.15) is 0 Å². The first kappa shape index (κ1) is 18.4. The van der Waals surface area contributed by atoms with E-state index in [1.807, 2.05) is 0 Å². The highest BCUT2D eigenvalue weighted by Gasteiger charge is 2.35. The van der Waals surface area contributed by atoms with Gasteiger partial charge in [-0.1, -0.05) is 25.6 Å². The molecule has 1 fully saturated rings. The number of thioether (sulfide) groups is 1. The van der Waals surface area contributed by atoms with Gasteiger partial charge in [-0.25, -0.2) is 4.79 Å². The van der Waals surface area contributed by atoms with E-state index in [0.717, 1.165) is 11.8 Å². The second-order valence-corrected chi connectivity index (χ2v) is 6.56. The van der Waals surface area contributed by atoms with Crippen LogP contribution in [0.15, 0.2) is 0 Å². The Bertz CT molecular complexity index is 465. The minimum atomic E-state index is -1.43. The van der Waals surface area contributed by atoms with Gasteiger partial charge in [0, 0.05) is 30.7 Å². The molecule has 8 nitrogen and oxygen atoms in total. The number of aliphatic hydroxyl groups is 1. The highest BCUT2D eigenvalue weighted by atomic mass is 32.2. The minimum absolute atomic E-state index is 0.0624. The van der Waals surface area contributed by atoms with Crippen molar-refractivity contribution in [1.29, 1.82) is 0 Å². The molecule has 0 aromatic heterocycles. The normalized spacial score (nSPS) is 25.3. The zero-order valence-electron chi connectivity index (χ0n) is 12.5. The fraction of sp³-hybridized carbons (Fsp3) is 0.692. The van der Waals surface area contributed by atoms with Gasteiger partial charge in [-0.15, -0.1) is 0 Å². The smallest absolute Gasteiger partial charge is 0.385 e. The van der Waals surface area contributed by atoms with Crippen molar-refractivity contribution in [1.82, 2.24) is 10.6 Å². The first-order valence-corrected chi connectivity index (χ1v) is 7.79. The predicted molar refractivity (Wildman–Crippen MR) is 78.8 cm³/mol. The molecule has 2 amide bonds. The maximum atomic E-state index is 11.8. The van der Waals surface area contributed by atoms with Crippen LogP contribution >= 0.6 is 11.8 Å². The van der Waals surface area contributed by atoms with Gasteiger partial charge in [-0.3, -0.25) is 14.4 Å². The molecule has 0 bridgehead atoms. The predicted octanol–water partition coefficient (Wildman–Crippen LogP) is -1.19. The van der Waals surface area contributed by atoms with E-state index in [1.165, 1.54) is 13.8 Å². The number of nitrogens with one attached hydrogen (secondary N) is 2. The Kier molecular flexibility index (Phi) is 6.82. The third kappa shape index (κ3) is 5.64. The maximum absolute atomic E-state index is 11.8. The third-order valence-electron chi connectivity index (χ3n) is 3.04. The van der Waals surface area contributed by atoms with E-state index in [0.29, 0.717) is 0 Å². The Morgan fingerprint density at radius 3 is 2.55 bits per heavy atom. The molecule has 124 valence electrons. The summed E-state index contributed by atoms with van der Waals surface area (Å²) in [5.41, 5.74) is -1.06. The summed E-state index contributed by atoms with van der Waals surface area (Å²) >= 11 is 0.747. The van der Waals surface area contributed by atoms with Crippen LogP contribution in [0.1, 0.15) is 20.3 Å². The largest absolute Gasteiger partial charge is 0.459 e. The van der Waals surface area contributed by atoms with Crippen molar-refractivity contribution in [3.8, 4) is 0 Å². The lowest BCUT2D eigenvalue weighted by Gasteiger charge is -2.28. The van der Waals surface area contributed by atoms with Crippen molar-refractivity contribution >= 4 is 34.7 Å². The van der Waals surface area contributed by atoms with Crippen molar-refractivity contribution in [3.05, 3.63) is 0 Å². The van der Waals surface area contributed by atoms with Gasteiger partial charge in [0.05, 0.1) is 6.61 Å². The van der Waals surface area contributed by atoms with Crippen LogP contribution in [0.4, 0.5) is 0 Å². The molecular weight excluding hydrogens is 312 g/mol. The molecule has 22 heavy (non-hydrogen) atoms. The molecule has 0 spiro atoms. The fourth-order valence-corrected chi connectivity index (χ4v) is 2.19. The number of hydrogen-bond acceptors (Lipinski definition) is 7. The molecule has 1 aliphatic heterocycles. The third-order valence-corrected chi connectivity index (χ3v) is 3.88. The van der Waals surface area contributed by atoms with Crippen LogP contribution in [0, 0.1) is 5.41 Å². The molecule has 0 saturated carbocycles. The molecular formula is C13H20N2O6S. The van der Waals surface area contributed by atoms with Crippen LogP contribution < -0.4 is 10.6 Å². The minimum Gasteiger partial charge on any atom is -0.459 e. The Morgan fingerprint density at radius 2 is 1.86 bits per heavy atom. The first-order chi connectivity index (χ1) is 10.2. The van der Waals surface area contributed by atoms with E-state index < -0.39 is 28.5 Å². The molecule has 1 saturated heterocycles. The lowest BCUT2D eigenvalue weighted by molar-refractivity contribution is -0.156. The Morgan fingerprint density at radius 1 is 1.18 bits per heavy atom. The Balaban J connectivity index is 2.77. The molecule has 0 radical (unpaired) electrons. The highest BCUT2D eigenvalue weighted by Crippen LogP contribution is 2.22. The summed E-state index contributed by atoms with van der Waals surface area (Å²) in [6, 6.07) is 0. The van der Waals surface area contributed by atoms with Gasteiger partial charge in [-0.05, 0) is 0 Å².